The smallest absolute Gasteiger partial charge is 0.259 e. The van der Waals surface area contributed by atoms with Gasteiger partial charge in [0, 0.05) is 31.8 Å². The summed E-state index contributed by atoms with van der Waals surface area (Å²) >= 11 is 0. The van der Waals surface area contributed by atoms with Gasteiger partial charge in [0.25, 0.3) is 5.91 Å². The van der Waals surface area contributed by atoms with Crippen LogP contribution in [0.15, 0.2) is 30.3 Å². The number of aliphatic hydroxyl groups is 1. The number of quaternary nitrogens is 1. The lowest BCUT2D eigenvalue weighted by molar-refractivity contribution is -0.916. The molecule has 2 fully saturated rings. The monoisotopic (exact) mass is 373 g/mol. The maximum absolute atomic E-state index is 13.6. The van der Waals surface area contributed by atoms with Crippen LogP contribution in [0, 0.1) is 5.92 Å². The van der Waals surface area contributed by atoms with E-state index in [2.05, 4.69) is 21.0 Å². The number of benzene rings is 1. The van der Waals surface area contributed by atoms with Gasteiger partial charge in [-0.1, -0.05) is 50.1 Å². The number of piperidine rings is 1. The third kappa shape index (κ3) is 4.07. The van der Waals surface area contributed by atoms with Crippen LogP contribution < -0.4 is 0 Å². The average molecular weight is 374 g/mol. The van der Waals surface area contributed by atoms with Crippen molar-refractivity contribution in [3.8, 4) is 0 Å². The second kappa shape index (κ2) is 8.32. The molecule has 0 spiro atoms. The molecule has 0 unspecified atom stereocenters. The molecule has 150 valence electrons. The highest BCUT2D eigenvalue weighted by Gasteiger charge is 2.49. The normalized spacial score (nSPS) is 22.0. The summed E-state index contributed by atoms with van der Waals surface area (Å²) in [4.78, 5) is 15.5. The third-order valence-electron chi connectivity index (χ3n) is 7.03. The summed E-state index contributed by atoms with van der Waals surface area (Å²) in [6.45, 7) is 4.93. The quantitative estimate of drug-likeness (QED) is 0.775. The lowest BCUT2D eigenvalue weighted by Crippen LogP contribution is -2.58. The van der Waals surface area contributed by atoms with Gasteiger partial charge in [-0.25, -0.2) is 0 Å². The van der Waals surface area contributed by atoms with Crippen molar-refractivity contribution in [2.75, 3.05) is 33.7 Å². The fraction of sp³-hybridized carbons (Fsp3) is 0.696. The van der Waals surface area contributed by atoms with Crippen molar-refractivity contribution in [1.82, 2.24) is 4.90 Å². The van der Waals surface area contributed by atoms with Gasteiger partial charge in [0.15, 0.2) is 5.60 Å². The molecule has 3 rings (SSSR count). The number of hydrogen-bond donors (Lipinski definition) is 1. The summed E-state index contributed by atoms with van der Waals surface area (Å²) in [5, 5.41) is 11.7. The fourth-order valence-electron chi connectivity index (χ4n) is 5.34. The van der Waals surface area contributed by atoms with E-state index in [0.717, 1.165) is 61.7 Å². The number of hydrogen-bond acceptors (Lipinski definition) is 2. The second-order valence-corrected chi connectivity index (χ2v) is 9.14. The Hall–Kier alpha value is -1.39. The first-order valence-corrected chi connectivity index (χ1v) is 10.8. The van der Waals surface area contributed by atoms with E-state index < -0.39 is 5.60 Å². The lowest BCUT2D eigenvalue weighted by atomic mass is 9.78. The number of rotatable bonds is 6. The van der Waals surface area contributed by atoms with E-state index in [4.69, 9.17) is 0 Å². The standard InChI is InChI=1S/C23H37N2O2/c1-4-18-25(2,3)21-14-16-24(17-15-21)22(26)23(27,20-12-8-9-13-20)19-10-6-5-7-11-19/h5-7,10-11,20-21,27H,4,8-9,12-18H2,1-3H3/q+1/t23-/m0/s1. The van der Waals surface area contributed by atoms with Crippen molar-refractivity contribution in [3.05, 3.63) is 35.9 Å². The van der Waals surface area contributed by atoms with Gasteiger partial charge in [0.1, 0.15) is 0 Å². The molecule has 1 N–H and O–H groups in total. The molecule has 4 heteroatoms. The van der Waals surface area contributed by atoms with Gasteiger partial charge in [-0.3, -0.25) is 4.79 Å². The molecule has 1 aliphatic carbocycles. The summed E-state index contributed by atoms with van der Waals surface area (Å²) in [6, 6.07) is 10.3. The Balaban J connectivity index is 1.76. The molecule has 1 amide bonds. The first kappa shape index (κ1) is 20.3. The van der Waals surface area contributed by atoms with Crippen LogP contribution >= 0.6 is 0 Å². The molecule has 1 aromatic rings. The van der Waals surface area contributed by atoms with Crippen LogP contribution in [0.4, 0.5) is 0 Å². The minimum Gasteiger partial charge on any atom is -0.375 e. The topological polar surface area (TPSA) is 40.5 Å². The number of carbonyl (C=O) groups excluding carboxylic acids is 1. The molecular formula is C23H37N2O2+. The molecule has 27 heavy (non-hydrogen) atoms. The Bertz CT molecular complexity index is 617. The molecule has 1 aromatic carbocycles. The minimum atomic E-state index is -1.36. The van der Waals surface area contributed by atoms with Crippen molar-refractivity contribution in [1.29, 1.82) is 0 Å². The fourth-order valence-corrected chi connectivity index (χ4v) is 5.34. The first-order chi connectivity index (χ1) is 12.9. The zero-order chi connectivity index (χ0) is 19.5. The third-order valence-corrected chi connectivity index (χ3v) is 7.03. The number of carbonyl (C=O) groups is 1. The Morgan fingerprint density at radius 1 is 1.11 bits per heavy atom. The Labute approximate surface area is 164 Å². The highest BCUT2D eigenvalue weighted by molar-refractivity contribution is 5.87. The van der Waals surface area contributed by atoms with E-state index in [1.807, 2.05) is 35.2 Å². The largest absolute Gasteiger partial charge is 0.375 e. The van der Waals surface area contributed by atoms with Gasteiger partial charge in [0.05, 0.1) is 26.7 Å². The van der Waals surface area contributed by atoms with Gasteiger partial charge in [-0.05, 0) is 24.8 Å². The van der Waals surface area contributed by atoms with Crippen LogP contribution in [0.25, 0.3) is 0 Å². The maximum atomic E-state index is 13.6. The summed E-state index contributed by atoms with van der Waals surface area (Å²) < 4.78 is 1.03. The second-order valence-electron chi connectivity index (χ2n) is 9.14. The summed E-state index contributed by atoms with van der Waals surface area (Å²) in [5.74, 6) is -0.0303. The van der Waals surface area contributed by atoms with Crippen LogP contribution in [0.5, 0.6) is 0 Å². The zero-order valence-electron chi connectivity index (χ0n) is 17.4. The number of likely N-dealkylation sites (tertiary alicyclic amines) is 1. The molecule has 1 atom stereocenters. The van der Waals surface area contributed by atoms with Gasteiger partial charge >= 0.3 is 0 Å². The van der Waals surface area contributed by atoms with E-state index in [1.165, 1.54) is 13.0 Å². The summed E-state index contributed by atoms with van der Waals surface area (Å²) in [5.41, 5.74) is -0.593. The van der Waals surface area contributed by atoms with E-state index in [1.54, 1.807) is 0 Å². The summed E-state index contributed by atoms with van der Waals surface area (Å²) in [6.07, 6.45) is 7.32. The van der Waals surface area contributed by atoms with Crippen LogP contribution in [-0.2, 0) is 10.4 Å². The highest BCUT2D eigenvalue weighted by atomic mass is 16.3. The van der Waals surface area contributed by atoms with E-state index in [0.29, 0.717) is 6.04 Å². The van der Waals surface area contributed by atoms with Gasteiger partial charge in [-0.2, -0.15) is 0 Å². The lowest BCUT2D eigenvalue weighted by Gasteiger charge is -2.45. The van der Waals surface area contributed by atoms with Gasteiger partial charge in [-0.15, -0.1) is 0 Å². The van der Waals surface area contributed by atoms with Crippen molar-refractivity contribution in [2.24, 2.45) is 5.92 Å². The van der Waals surface area contributed by atoms with Gasteiger partial charge < -0.3 is 14.5 Å². The van der Waals surface area contributed by atoms with Crippen LogP contribution in [0.3, 0.4) is 0 Å². The van der Waals surface area contributed by atoms with E-state index >= 15 is 0 Å². The Kier molecular flexibility index (Phi) is 6.27. The van der Waals surface area contributed by atoms with Crippen LogP contribution in [0.1, 0.15) is 57.4 Å². The predicted molar refractivity (Wildman–Crippen MR) is 109 cm³/mol. The number of nitrogens with zero attached hydrogens (tertiary/aromatic N) is 2. The SMILES string of the molecule is CCC[N+](C)(C)C1CCN(C(=O)[C@](O)(c2ccccc2)C2CCCC2)CC1. The number of amides is 1. The Morgan fingerprint density at radius 3 is 2.26 bits per heavy atom. The van der Waals surface area contributed by atoms with Crippen molar-refractivity contribution < 1.29 is 14.4 Å². The molecule has 4 nitrogen and oxygen atoms in total. The molecular weight excluding hydrogens is 336 g/mol. The zero-order valence-corrected chi connectivity index (χ0v) is 17.4. The molecule has 1 saturated carbocycles. The molecule has 1 heterocycles. The molecule has 1 saturated heterocycles. The van der Waals surface area contributed by atoms with Crippen LogP contribution in [-0.4, -0.2) is 60.2 Å². The van der Waals surface area contributed by atoms with E-state index in [-0.39, 0.29) is 11.8 Å². The molecule has 0 bridgehead atoms. The van der Waals surface area contributed by atoms with Crippen LogP contribution in [0.2, 0.25) is 0 Å². The van der Waals surface area contributed by atoms with E-state index in [9.17, 15) is 9.90 Å². The predicted octanol–water partition coefficient (Wildman–Crippen LogP) is 3.54. The van der Waals surface area contributed by atoms with Crippen molar-refractivity contribution >= 4 is 5.91 Å². The molecule has 2 aliphatic rings. The minimum absolute atomic E-state index is 0.0393. The van der Waals surface area contributed by atoms with Gasteiger partial charge in [0.2, 0.25) is 0 Å². The molecule has 0 radical (unpaired) electrons. The highest BCUT2D eigenvalue weighted by Crippen LogP contribution is 2.42. The first-order valence-electron chi connectivity index (χ1n) is 10.8. The average Bonchev–Trinajstić information content (AvgIpc) is 3.23. The summed E-state index contributed by atoms with van der Waals surface area (Å²) in [7, 11) is 4.62. The molecule has 0 aromatic heterocycles. The Morgan fingerprint density at radius 2 is 1.70 bits per heavy atom. The van der Waals surface area contributed by atoms with Crippen molar-refractivity contribution in [3.63, 3.8) is 0 Å². The van der Waals surface area contributed by atoms with Crippen molar-refractivity contribution in [2.45, 2.75) is 63.5 Å². The maximum Gasteiger partial charge on any atom is 0.259 e. The molecule has 1 aliphatic heterocycles.